The molecule has 0 heterocycles. The molecule has 0 N–H and O–H groups in total. The standard InChI is InChI=1S/C54H62/c1-7-9-11-13-15-17-27-53(3,4)47-33-41-23-19-37-29-45(30-38-20-24-42(34-47)51(41)49(37)38)46-31-39-21-25-43-35-48(54(5,6)28-18-16-14-12-10-8-2)36-44-26-22-40(32-46)50(39)52(43)44/h19-26,29-36H,7-18,27-28H2,1-6H3. The van der Waals surface area contributed by atoms with Crippen LogP contribution >= 0.6 is 0 Å². The Morgan fingerprint density at radius 3 is 0.833 bits per heavy atom. The summed E-state index contributed by atoms with van der Waals surface area (Å²) >= 11 is 0. The summed E-state index contributed by atoms with van der Waals surface area (Å²) in [7, 11) is 0. The molecule has 0 amide bonds. The van der Waals surface area contributed by atoms with Crippen molar-refractivity contribution in [3.05, 3.63) is 108 Å². The highest BCUT2D eigenvalue weighted by atomic mass is 14.3. The molecule has 0 bridgehead atoms. The fraction of sp³-hybridized carbons (Fsp3) is 0.407. The van der Waals surface area contributed by atoms with Gasteiger partial charge in [-0.3, -0.25) is 0 Å². The molecule has 54 heavy (non-hydrogen) atoms. The van der Waals surface area contributed by atoms with Crippen LogP contribution in [-0.2, 0) is 10.8 Å². The molecule has 0 aliphatic heterocycles. The largest absolute Gasteiger partial charge is 0.0654 e. The van der Waals surface area contributed by atoms with E-state index < -0.39 is 0 Å². The summed E-state index contributed by atoms with van der Waals surface area (Å²) in [6.45, 7) is 14.4. The third kappa shape index (κ3) is 7.07. The highest BCUT2D eigenvalue weighted by Crippen LogP contribution is 2.44. The van der Waals surface area contributed by atoms with Gasteiger partial charge in [0.25, 0.3) is 0 Å². The summed E-state index contributed by atoms with van der Waals surface area (Å²) in [6.07, 6.45) is 18.7. The van der Waals surface area contributed by atoms with Crippen molar-refractivity contribution >= 4 is 64.6 Å². The normalized spacial score (nSPS) is 12.9. The Kier molecular flexibility index (Phi) is 10.3. The highest BCUT2D eigenvalue weighted by Gasteiger charge is 2.24. The van der Waals surface area contributed by atoms with E-state index in [0.29, 0.717) is 0 Å². The van der Waals surface area contributed by atoms with E-state index in [1.165, 1.54) is 177 Å². The van der Waals surface area contributed by atoms with Gasteiger partial charge < -0.3 is 0 Å². The van der Waals surface area contributed by atoms with Crippen molar-refractivity contribution in [2.45, 2.75) is 142 Å². The molecule has 0 atom stereocenters. The van der Waals surface area contributed by atoms with Crippen LogP contribution in [0.2, 0.25) is 0 Å². The maximum atomic E-state index is 2.49. The van der Waals surface area contributed by atoms with Gasteiger partial charge in [-0.15, -0.1) is 0 Å². The van der Waals surface area contributed by atoms with Crippen molar-refractivity contribution in [1.29, 1.82) is 0 Å². The Hall–Kier alpha value is -4.16. The second-order valence-electron chi connectivity index (χ2n) is 18.3. The van der Waals surface area contributed by atoms with Crippen LogP contribution in [-0.4, -0.2) is 0 Å². The molecule has 0 fully saturated rings. The first kappa shape index (κ1) is 36.8. The maximum absolute atomic E-state index is 2.49. The van der Waals surface area contributed by atoms with Gasteiger partial charge in [0.2, 0.25) is 0 Å². The molecule has 0 aromatic heterocycles. The fourth-order valence-electron chi connectivity index (χ4n) is 9.77. The van der Waals surface area contributed by atoms with Crippen LogP contribution in [0.3, 0.4) is 0 Å². The third-order valence-corrected chi connectivity index (χ3v) is 13.3. The number of benzene rings is 8. The summed E-state index contributed by atoms with van der Waals surface area (Å²) in [5.41, 5.74) is 5.89. The van der Waals surface area contributed by atoms with Gasteiger partial charge in [0, 0.05) is 0 Å². The molecule has 0 saturated carbocycles. The van der Waals surface area contributed by atoms with Gasteiger partial charge in [-0.1, -0.05) is 191 Å². The minimum absolute atomic E-state index is 0.172. The molecule has 0 nitrogen and oxygen atoms in total. The van der Waals surface area contributed by atoms with E-state index in [2.05, 4.69) is 139 Å². The maximum Gasteiger partial charge on any atom is -0.00264 e. The molecular formula is C54H62. The molecule has 0 spiro atoms. The van der Waals surface area contributed by atoms with E-state index in [-0.39, 0.29) is 10.8 Å². The molecule has 0 aliphatic rings. The van der Waals surface area contributed by atoms with E-state index in [0.717, 1.165) is 0 Å². The molecule has 0 saturated heterocycles. The van der Waals surface area contributed by atoms with Crippen LogP contribution in [0.25, 0.3) is 75.8 Å². The average Bonchev–Trinajstić information content (AvgIpc) is 3.18. The number of hydrogen-bond donors (Lipinski definition) is 0. The van der Waals surface area contributed by atoms with Gasteiger partial charge in [-0.25, -0.2) is 0 Å². The molecule has 0 radical (unpaired) electrons. The predicted molar refractivity (Wildman–Crippen MR) is 241 cm³/mol. The Morgan fingerprint density at radius 1 is 0.315 bits per heavy atom. The Labute approximate surface area is 325 Å². The Balaban J connectivity index is 1.09. The first-order chi connectivity index (χ1) is 26.2. The van der Waals surface area contributed by atoms with Gasteiger partial charge in [-0.05, 0) is 135 Å². The minimum atomic E-state index is 0.172. The summed E-state index contributed by atoms with van der Waals surface area (Å²) in [5, 5.41) is 16.5. The molecule has 8 aromatic carbocycles. The highest BCUT2D eigenvalue weighted by molar-refractivity contribution is 6.26. The van der Waals surface area contributed by atoms with Crippen molar-refractivity contribution in [2.75, 3.05) is 0 Å². The zero-order valence-corrected chi connectivity index (χ0v) is 34.1. The van der Waals surface area contributed by atoms with Crippen LogP contribution in [0, 0.1) is 0 Å². The van der Waals surface area contributed by atoms with E-state index in [1.54, 1.807) is 0 Å². The Morgan fingerprint density at radius 2 is 0.556 bits per heavy atom. The topological polar surface area (TPSA) is 0 Å². The van der Waals surface area contributed by atoms with E-state index >= 15 is 0 Å². The summed E-state index contributed by atoms with van der Waals surface area (Å²) < 4.78 is 0. The van der Waals surface area contributed by atoms with Crippen LogP contribution in [0.1, 0.15) is 143 Å². The lowest BCUT2D eigenvalue weighted by atomic mass is 9.78. The van der Waals surface area contributed by atoms with Crippen LogP contribution in [0.15, 0.2) is 97.1 Å². The van der Waals surface area contributed by atoms with Crippen LogP contribution in [0.5, 0.6) is 0 Å². The third-order valence-electron chi connectivity index (χ3n) is 13.3. The first-order valence-corrected chi connectivity index (χ1v) is 21.6. The van der Waals surface area contributed by atoms with E-state index in [9.17, 15) is 0 Å². The van der Waals surface area contributed by atoms with Crippen LogP contribution < -0.4 is 0 Å². The summed E-state index contributed by atoms with van der Waals surface area (Å²) in [4.78, 5) is 0. The van der Waals surface area contributed by atoms with Crippen molar-refractivity contribution in [3.8, 4) is 11.1 Å². The van der Waals surface area contributed by atoms with Gasteiger partial charge in [0.1, 0.15) is 0 Å². The summed E-state index contributed by atoms with van der Waals surface area (Å²) in [5.74, 6) is 0. The van der Waals surface area contributed by atoms with Crippen molar-refractivity contribution in [2.24, 2.45) is 0 Å². The molecule has 0 aliphatic carbocycles. The first-order valence-electron chi connectivity index (χ1n) is 21.6. The summed E-state index contributed by atoms with van der Waals surface area (Å²) in [6, 6.07) is 38.7. The zero-order valence-electron chi connectivity index (χ0n) is 34.1. The second-order valence-corrected chi connectivity index (χ2v) is 18.3. The van der Waals surface area contributed by atoms with Gasteiger partial charge in [-0.2, -0.15) is 0 Å². The zero-order chi connectivity index (χ0) is 37.5. The number of hydrogen-bond acceptors (Lipinski definition) is 0. The van der Waals surface area contributed by atoms with Gasteiger partial charge in [0.15, 0.2) is 0 Å². The van der Waals surface area contributed by atoms with Crippen molar-refractivity contribution < 1.29 is 0 Å². The van der Waals surface area contributed by atoms with Gasteiger partial charge >= 0.3 is 0 Å². The average molecular weight is 711 g/mol. The lowest BCUT2D eigenvalue weighted by molar-refractivity contribution is 0.443. The quantitative estimate of drug-likeness (QED) is 0.0652. The number of unbranched alkanes of at least 4 members (excludes halogenated alkanes) is 10. The van der Waals surface area contributed by atoms with E-state index in [4.69, 9.17) is 0 Å². The molecule has 278 valence electrons. The SMILES string of the molecule is CCCCCCCCC(C)(C)c1cc2ccc3cc(-c4cc5ccc6cc(C(C)(C)CCCCCCCC)cc7ccc(c4)c5c67)cc4ccc(c1)c2c34. The lowest BCUT2D eigenvalue weighted by Gasteiger charge is -2.27. The molecule has 8 aromatic rings. The smallest absolute Gasteiger partial charge is 0.00264 e. The lowest BCUT2D eigenvalue weighted by Crippen LogP contribution is -2.17. The van der Waals surface area contributed by atoms with E-state index in [1.807, 2.05) is 0 Å². The van der Waals surface area contributed by atoms with Crippen molar-refractivity contribution in [1.82, 2.24) is 0 Å². The predicted octanol–water partition coefficient (Wildman–Crippen LogP) is 17.2. The fourth-order valence-corrected chi connectivity index (χ4v) is 9.77. The van der Waals surface area contributed by atoms with Crippen LogP contribution in [0.4, 0.5) is 0 Å². The Bertz CT molecular complexity index is 2210. The second kappa shape index (κ2) is 15.2. The molecular weight excluding hydrogens is 649 g/mol. The molecule has 0 heteroatoms. The molecule has 0 unspecified atom stereocenters. The number of rotatable bonds is 17. The van der Waals surface area contributed by atoms with Crippen molar-refractivity contribution in [3.63, 3.8) is 0 Å². The minimum Gasteiger partial charge on any atom is -0.0654 e. The molecule has 8 rings (SSSR count). The van der Waals surface area contributed by atoms with Gasteiger partial charge in [0.05, 0.1) is 0 Å². The monoisotopic (exact) mass is 710 g/mol.